The van der Waals surface area contributed by atoms with Crippen LogP contribution in [-0.2, 0) is 0 Å². The molecule has 1 saturated heterocycles. The minimum atomic E-state index is -0.285. The Morgan fingerprint density at radius 3 is 2.76 bits per heavy atom. The summed E-state index contributed by atoms with van der Waals surface area (Å²) >= 11 is 0. The van der Waals surface area contributed by atoms with E-state index in [1.165, 1.54) is 12.1 Å². The first-order valence-electron chi connectivity index (χ1n) is 7.11. The van der Waals surface area contributed by atoms with E-state index in [1.807, 2.05) is 4.90 Å². The molecule has 0 unspecified atom stereocenters. The molecule has 0 spiro atoms. The molecule has 1 aliphatic rings. The fourth-order valence-electron chi connectivity index (χ4n) is 2.79. The second kappa shape index (κ2) is 5.69. The van der Waals surface area contributed by atoms with Crippen molar-refractivity contribution in [1.82, 2.24) is 9.88 Å². The number of hydrogen-bond acceptors (Lipinski definition) is 2. The van der Waals surface area contributed by atoms with Crippen molar-refractivity contribution in [2.24, 2.45) is 11.7 Å². The number of carbonyl (C=O) groups is 1. The second-order valence-electron chi connectivity index (χ2n) is 5.43. The van der Waals surface area contributed by atoms with Gasteiger partial charge >= 0.3 is 0 Å². The Morgan fingerprint density at radius 1 is 1.33 bits per heavy atom. The highest BCUT2D eigenvalue weighted by atomic mass is 19.1. The maximum absolute atomic E-state index is 13.0. The van der Waals surface area contributed by atoms with Gasteiger partial charge in [-0.25, -0.2) is 4.39 Å². The quantitative estimate of drug-likeness (QED) is 0.909. The van der Waals surface area contributed by atoms with Crippen LogP contribution in [0.4, 0.5) is 4.39 Å². The highest BCUT2D eigenvalue weighted by Crippen LogP contribution is 2.26. The predicted octanol–water partition coefficient (Wildman–Crippen LogP) is 2.24. The molecule has 5 heteroatoms. The monoisotopic (exact) mass is 287 g/mol. The van der Waals surface area contributed by atoms with E-state index in [0.29, 0.717) is 24.6 Å². The van der Waals surface area contributed by atoms with Crippen molar-refractivity contribution in [3.8, 4) is 11.1 Å². The number of benzene rings is 1. The minimum Gasteiger partial charge on any atom is -0.366 e. The van der Waals surface area contributed by atoms with E-state index < -0.39 is 0 Å². The van der Waals surface area contributed by atoms with E-state index in [-0.39, 0.29) is 11.7 Å². The summed E-state index contributed by atoms with van der Waals surface area (Å²) in [4.78, 5) is 17.4. The Morgan fingerprint density at radius 2 is 2.10 bits per heavy atom. The molecule has 2 heterocycles. The van der Waals surface area contributed by atoms with Crippen molar-refractivity contribution in [1.29, 1.82) is 0 Å². The fraction of sp³-hybridized carbons (Fsp3) is 0.312. The van der Waals surface area contributed by atoms with Crippen LogP contribution in [-0.4, -0.2) is 35.4 Å². The number of aromatic amines is 1. The van der Waals surface area contributed by atoms with Gasteiger partial charge in [-0.1, -0.05) is 12.1 Å². The minimum absolute atomic E-state index is 0.00604. The molecule has 1 aromatic heterocycles. The molecule has 1 atom stereocenters. The van der Waals surface area contributed by atoms with Gasteiger partial charge in [0, 0.05) is 31.0 Å². The maximum atomic E-state index is 13.0. The number of nitrogens with one attached hydrogen (secondary N) is 1. The average molecular weight is 287 g/mol. The zero-order valence-electron chi connectivity index (χ0n) is 11.7. The average Bonchev–Trinajstić information content (AvgIpc) is 3.16. The van der Waals surface area contributed by atoms with Crippen LogP contribution in [0.2, 0.25) is 0 Å². The van der Waals surface area contributed by atoms with Gasteiger partial charge in [0.25, 0.3) is 5.91 Å². The lowest BCUT2D eigenvalue weighted by atomic mass is 10.0. The summed E-state index contributed by atoms with van der Waals surface area (Å²) in [5, 5.41) is 0. The van der Waals surface area contributed by atoms with Gasteiger partial charge in [-0.2, -0.15) is 0 Å². The lowest BCUT2D eigenvalue weighted by molar-refractivity contribution is 0.0788. The molecule has 0 bridgehead atoms. The molecule has 3 N–H and O–H groups in total. The summed E-state index contributed by atoms with van der Waals surface area (Å²) in [5.41, 5.74) is 7.93. The number of carbonyl (C=O) groups excluding carboxylic acids is 1. The molecular weight excluding hydrogens is 269 g/mol. The number of nitrogens with zero attached hydrogens (tertiary/aromatic N) is 1. The van der Waals surface area contributed by atoms with Crippen molar-refractivity contribution >= 4 is 5.91 Å². The van der Waals surface area contributed by atoms with Crippen molar-refractivity contribution in [2.45, 2.75) is 6.42 Å². The van der Waals surface area contributed by atoms with Crippen molar-refractivity contribution in [3.63, 3.8) is 0 Å². The Balaban J connectivity index is 1.85. The van der Waals surface area contributed by atoms with E-state index in [1.54, 1.807) is 24.5 Å². The molecule has 110 valence electrons. The largest absolute Gasteiger partial charge is 0.366 e. The predicted molar refractivity (Wildman–Crippen MR) is 79.3 cm³/mol. The van der Waals surface area contributed by atoms with Crippen LogP contribution in [0.5, 0.6) is 0 Å². The Labute approximate surface area is 122 Å². The van der Waals surface area contributed by atoms with Gasteiger partial charge in [-0.05, 0) is 36.6 Å². The van der Waals surface area contributed by atoms with Gasteiger partial charge in [0.1, 0.15) is 5.82 Å². The van der Waals surface area contributed by atoms with Crippen LogP contribution in [0.15, 0.2) is 36.7 Å². The number of H-pyrrole nitrogens is 1. The summed E-state index contributed by atoms with van der Waals surface area (Å²) in [5.74, 6) is 0.112. The van der Waals surface area contributed by atoms with Crippen LogP contribution in [0.1, 0.15) is 16.8 Å². The van der Waals surface area contributed by atoms with Gasteiger partial charge in [0.15, 0.2) is 0 Å². The molecule has 0 saturated carbocycles. The number of nitrogens with two attached hydrogens (primary N) is 1. The third-order valence-electron chi connectivity index (χ3n) is 4.04. The number of hydrogen-bond donors (Lipinski definition) is 2. The molecule has 1 amide bonds. The summed E-state index contributed by atoms with van der Waals surface area (Å²) in [6.07, 6.45) is 4.44. The van der Waals surface area contributed by atoms with Crippen molar-refractivity contribution in [3.05, 3.63) is 48.0 Å². The summed E-state index contributed by atoms with van der Waals surface area (Å²) in [7, 11) is 0. The molecule has 0 aliphatic carbocycles. The van der Waals surface area contributed by atoms with Gasteiger partial charge < -0.3 is 15.6 Å². The van der Waals surface area contributed by atoms with Gasteiger partial charge in [0.2, 0.25) is 0 Å². The van der Waals surface area contributed by atoms with Crippen LogP contribution in [0, 0.1) is 11.7 Å². The van der Waals surface area contributed by atoms with E-state index in [9.17, 15) is 9.18 Å². The summed E-state index contributed by atoms with van der Waals surface area (Å²) < 4.78 is 13.0. The van der Waals surface area contributed by atoms with Crippen molar-refractivity contribution in [2.75, 3.05) is 19.6 Å². The van der Waals surface area contributed by atoms with Crippen LogP contribution >= 0.6 is 0 Å². The standard InChI is InChI=1S/C16H18FN3O/c17-13-3-1-12(2-4-13)14-8-19-9-15(14)16(21)20-6-5-11(7-18)10-20/h1-4,8-9,11,19H,5-7,10,18H2/t11-/m0/s1. The second-order valence-corrected chi connectivity index (χ2v) is 5.43. The number of aromatic nitrogens is 1. The molecule has 21 heavy (non-hydrogen) atoms. The molecule has 1 aliphatic heterocycles. The number of rotatable bonds is 3. The first-order valence-corrected chi connectivity index (χ1v) is 7.11. The first-order chi connectivity index (χ1) is 10.2. The lowest BCUT2D eigenvalue weighted by Gasteiger charge is -2.16. The fourth-order valence-corrected chi connectivity index (χ4v) is 2.79. The van der Waals surface area contributed by atoms with Gasteiger partial charge in [-0.3, -0.25) is 4.79 Å². The van der Waals surface area contributed by atoms with Gasteiger partial charge in [0.05, 0.1) is 5.56 Å². The van der Waals surface area contributed by atoms with Crippen LogP contribution < -0.4 is 5.73 Å². The highest BCUT2D eigenvalue weighted by molar-refractivity contribution is 6.00. The number of likely N-dealkylation sites (tertiary alicyclic amines) is 1. The Kier molecular flexibility index (Phi) is 3.75. The van der Waals surface area contributed by atoms with Crippen LogP contribution in [0.25, 0.3) is 11.1 Å². The van der Waals surface area contributed by atoms with E-state index in [4.69, 9.17) is 5.73 Å². The third kappa shape index (κ3) is 2.69. The number of halogens is 1. The van der Waals surface area contributed by atoms with E-state index in [0.717, 1.165) is 24.1 Å². The highest BCUT2D eigenvalue weighted by Gasteiger charge is 2.27. The van der Waals surface area contributed by atoms with E-state index >= 15 is 0 Å². The van der Waals surface area contributed by atoms with Crippen molar-refractivity contribution < 1.29 is 9.18 Å². The third-order valence-corrected chi connectivity index (χ3v) is 4.04. The molecular formula is C16H18FN3O. The number of amides is 1. The molecule has 1 aromatic carbocycles. The normalized spacial score (nSPS) is 18.2. The zero-order chi connectivity index (χ0) is 14.8. The smallest absolute Gasteiger partial charge is 0.256 e. The molecule has 1 fully saturated rings. The maximum Gasteiger partial charge on any atom is 0.256 e. The SMILES string of the molecule is NC[C@@H]1CCN(C(=O)c2c[nH]cc2-c2ccc(F)cc2)C1. The topological polar surface area (TPSA) is 62.1 Å². The van der Waals surface area contributed by atoms with E-state index in [2.05, 4.69) is 4.98 Å². The zero-order valence-corrected chi connectivity index (χ0v) is 11.7. The Hall–Kier alpha value is -2.14. The molecule has 2 aromatic rings. The Bertz CT molecular complexity index is 635. The molecule has 4 nitrogen and oxygen atoms in total. The molecule has 3 rings (SSSR count). The molecule has 0 radical (unpaired) electrons. The summed E-state index contributed by atoms with van der Waals surface area (Å²) in [6.45, 7) is 2.07. The first kappa shape index (κ1) is 13.8. The lowest BCUT2D eigenvalue weighted by Crippen LogP contribution is -2.29. The van der Waals surface area contributed by atoms with Gasteiger partial charge in [-0.15, -0.1) is 0 Å². The summed E-state index contributed by atoms with van der Waals surface area (Å²) in [6, 6.07) is 6.16. The van der Waals surface area contributed by atoms with Crippen LogP contribution in [0.3, 0.4) is 0 Å².